The lowest BCUT2D eigenvalue weighted by Gasteiger charge is -2.29. The minimum absolute atomic E-state index is 0.0169. The van der Waals surface area contributed by atoms with Crippen LogP contribution in [0.2, 0.25) is 0 Å². The highest BCUT2D eigenvalue weighted by Crippen LogP contribution is 2.24. The summed E-state index contributed by atoms with van der Waals surface area (Å²) in [6.45, 7) is 1.88. The number of hydrogen-bond acceptors (Lipinski definition) is 10. The molecule has 0 radical (unpaired) electrons. The maximum absolute atomic E-state index is 14.1. The molecule has 0 aliphatic carbocycles. The Hall–Kier alpha value is -4.86. The Morgan fingerprint density at radius 1 is 1.13 bits per heavy atom. The number of aliphatic carboxylic acids is 1. The molecule has 3 aromatic rings. The average Bonchev–Trinajstić information content (AvgIpc) is 3.78. The molecular weight excluding hydrogens is 630 g/mol. The summed E-state index contributed by atoms with van der Waals surface area (Å²) in [5, 5.41) is 25.1. The summed E-state index contributed by atoms with van der Waals surface area (Å²) in [7, 11) is 0. The van der Waals surface area contributed by atoms with Crippen LogP contribution in [0.1, 0.15) is 66.2 Å². The van der Waals surface area contributed by atoms with Crippen molar-refractivity contribution in [3.63, 3.8) is 0 Å². The number of aryl methyl sites for hydroxylation is 2. The Morgan fingerprint density at radius 2 is 1.94 bits per heavy atom. The first-order chi connectivity index (χ1) is 22.6. The topological polar surface area (TPSA) is 213 Å². The van der Waals surface area contributed by atoms with Crippen molar-refractivity contribution >= 4 is 57.1 Å². The van der Waals surface area contributed by atoms with Gasteiger partial charge in [0, 0.05) is 44.5 Å². The van der Waals surface area contributed by atoms with Crippen molar-refractivity contribution in [1.29, 1.82) is 0 Å². The van der Waals surface area contributed by atoms with Gasteiger partial charge in [-0.05, 0) is 51.2 Å². The van der Waals surface area contributed by atoms with Gasteiger partial charge in [0.25, 0.3) is 5.91 Å². The number of thiazole rings is 1. The quantitative estimate of drug-likeness (QED) is 0.242. The van der Waals surface area contributed by atoms with Crippen molar-refractivity contribution in [2.24, 2.45) is 0 Å². The molecule has 2 aliphatic rings. The minimum atomic E-state index is -1.37. The van der Waals surface area contributed by atoms with Gasteiger partial charge in [0.2, 0.25) is 23.6 Å². The third-order valence-electron chi connectivity index (χ3n) is 8.14. The van der Waals surface area contributed by atoms with Gasteiger partial charge in [-0.15, -0.1) is 11.3 Å². The van der Waals surface area contributed by atoms with Crippen LogP contribution >= 0.6 is 11.3 Å². The SMILES string of the molecule is Cc1cc(C(=O)N[C@H]2CCCCNC(=O)CC[C@@H](C(=O)O)NC(=O)[C@@H]3C[C@@H](NC(=O)CCc4nc5ccccc5s4)CN3C2=O)no1. The number of fused-ring (bicyclic) bond motifs is 2. The van der Waals surface area contributed by atoms with Gasteiger partial charge in [-0.1, -0.05) is 17.3 Å². The predicted molar refractivity (Wildman–Crippen MR) is 168 cm³/mol. The second-order valence-electron chi connectivity index (χ2n) is 11.7. The van der Waals surface area contributed by atoms with Crippen LogP contribution in [0.25, 0.3) is 10.2 Å². The molecule has 2 fully saturated rings. The molecule has 4 heterocycles. The van der Waals surface area contributed by atoms with Crippen LogP contribution in [0.4, 0.5) is 0 Å². The largest absolute Gasteiger partial charge is 0.480 e. The van der Waals surface area contributed by atoms with E-state index in [4.69, 9.17) is 4.52 Å². The highest BCUT2D eigenvalue weighted by molar-refractivity contribution is 7.18. The van der Waals surface area contributed by atoms with E-state index in [-0.39, 0.29) is 62.7 Å². The van der Waals surface area contributed by atoms with E-state index in [1.54, 1.807) is 6.92 Å². The first-order valence-corrected chi connectivity index (χ1v) is 16.4. The molecule has 15 nitrogen and oxygen atoms in total. The number of carbonyl (C=O) groups is 6. The minimum Gasteiger partial charge on any atom is -0.480 e. The highest BCUT2D eigenvalue weighted by Gasteiger charge is 2.43. The number of carboxylic acid groups (broad SMARTS) is 1. The Kier molecular flexibility index (Phi) is 10.8. The molecule has 250 valence electrons. The number of aromatic nitrogens is 2. The summed E-state index contributed by atoms with van der Waals surface area (Å²) < 4.78 is 6.02. The van der Waals surface area contributed by atoms with Crippen molar-refractivity contribution in [1.82, 2.24) is 36.3 Å². The normalized spacial score (nSPS) is 22.8. The number of nitrogens with one attached hydrogen (secondary N) is 4. The molecule has 5 N–H and O–H groups in total. The average molecular weight is 668 g/mol. The predicted octanol–water partition coefficient (Wildman–Crippen LogP) is 1.06. The number of hydrogen-bond donors (Lipinski definition) is 5. The van der Waals surface area contributed by atoms with E-state index in [1.807, 2.05) is 24.3 Å². The van der Waals surface area contributed by atoms with Gasteiger partial charge in [0.1, 0.15) is 23.9 Å². The van der Waals surface area contributed by atoms with Crippen LogP contribution in [0.3, 0.4) is 0 Å². The zero-order valence-electron chi connectivity index (χ0n) is 25.8. The molecular formula is C31H37N7O8S. The zero-order chi connectivity index (χ0) is 33.5. The van der Waals surface area contributed by atoms with Gasteiger partial charge in [0.15, 0.2) is 5.69 Å². The van der Waals surface area contributed by atoms with Gasteiger partial charge >= 0.3 is 5.97 Å². The monoisotopic (exact) mass is 667 g/mol. The van der Waals surface area contributed by atoms with Crippen LogP contribution in [0, 0.1) is 6.92 Å². The molecule has 0 bridgehead atoms. The molecule has 2 saturated heterocycles. The molecule has 47 heavy (non-hydrogen) atoms. The van der Waals surface area contributed by atoms with Crippen LogP contribution in [-0.2, 0) is 30.4 Å². The number of amides is 5. The fraction of sp³-hybridized carbons (Fsp3) is 0.484. The van der Waals surface area contributed by atoms with Gasteiger partial charge < -0.3 is 35.8 Å². The van der Waals surface area contributed by atoms with Gasteiger partial charge in [-0.2, -0.15) is 0 Å². The van der Waals surface area contributed by atoms with Crippen LogP contribution in [0.5, 0.6) is 0 Å². The molecule has 5 rings (SSSR count). The zero-order valence-corrected chi connectivity index (χ0v) is 26.6. The van der Waals surface area contributed by atoms with Crippen LogP contribution < -0.4 is 21.3 Å². The van der Waals surface area contributed by atoms with Gasteiger partial charge in [0.05, 0.1) is 15.2 Å². The fourth-order valence-electron chi connectivity index (χ4n) is 5.73. The fourth-order valence-corrected chi connectivity index (χ4v) is 6.70. The van der Waals surface area contributed by atoms with Crippen molar-refractivity contribution in [2.45, 2.75) is 82.5 Å². The number of nitrogens with zero attached hydrogens (tertiary/aromatic N) is 3. The summed E-state index contributed by atoms with van der Waals surface area (Å²) in [6.07, 6.45) is 1.45. The third-order valence-corrected chi connectivity index (χ3v) is 9.23. The van der Waals surface area contributed by atoms with E-state index in [2.05, 4.69) is 31.4 Å². The van der Waals surface area contributed by atoms with Crippen molar-refractivity contribution in [3.8, 4) is 0 Å². The first-order valence-electron chi connectivity index (χ1n) is 15.6. The van der Waals surface area contributed by atoms with Gasteiger partial charge in [-0.3, -0.25) is 24.0 Å². The Balaban J connectivity index is 1.33. The van der Waals surface area contributed by atoms with E-state index in [0.29, 0.717) is 25.0 Å². The van der Waals surface area contributed by atoms with E-state index >= 15 is 0 Å². The Bertz CT molecular complexity index is 1620. The molecule has 0 spiro atoms. The smallest absolute Gasteiger partial charge is 0.326 e. The number of benzene rings is 1. The summed E-state index contributed by atoms with van der Waals surface area (Å²) in [5.41, 5.74) is 0.843. The summed E-state index contributed by atoms with van der Waals surface area (Å²) in [5.74, 6) is -3.49. The molecule has 1 aromatic carbocycles. The molecule has 16 heteroatoms. The Morgan fingerprint density at radius 3 is 2.68 bits per heavy atom. The van der Waals surface area contributed by atoms with Crippen LogP contribution in [-0.4, -0.2) is 92.9 Å². The second-order valence-corrected chi connectivity index (χ2v) is 12.8. The third kappa shape index (κ3) is 8.69. The standard InChI is InChI=1S/C31H37N7O8S/c1-17-14-22(37-46-17)28(41)35-20-7-4-5-13-32-25(39)10-9-21(31(44)45)36-29(42)23-15-18(16-38(23)30(20)43)33-26(40)11-12-27-34-19-6-2-3-8-24(19)47-27/h2-3,6,8,14,18,20-21,23H,4-5,7,9-13,15-16H2,1H3,(H,32,39)(H,33,40)(H,35,41)(H,36,42)(H,44,45)/t18-,20+,21+,23+/m1/s1. The molecule has 0 saturated carbocycles. The molecule has 2 aliphatic heterocycles. The van der Waals surface area contributed by atoms with Crippen molar-refractivity contribution in [2.75, 3.05) is 13.1 Å². The summed E-state index contributed by atoms with van der Waals surface area (Å²) in [4.78, 5) is 83.8. The maximum Gasteiger partial charge on any atom is 0.326 e. The van der Waals surface area contributed by atoms with E-state index in [0.717, 1.165) is 15.2 Å². The highest BCUT2D eigenvalue weighted by atomic mass is 32.1. The van der Waals surface area contributed by atoms with Crippen LogP contribution in [0.15, 0.2) is 34.9 Å². The number of carbonyl (C=O) groups excluding carboxylic acids is 5. The number of para-hydroxylation sites is 1. The van der Waals surface area contributed by atoms with E-state index in [1.165, 1.54) is 22.3 Å². The number of carboxylic acids is 1. The van der Waals surface area contributed by atoms with Crippen molar-refractivity contribution in [3.05, 3.63) is 46.8 Å². The second kappa shape index (κ2) is 15.2. The Labute approximate surface area is 273 Å². The lowest BCUT2D eigenvalue weighted by molar-refractivity contribution is -0.144. The number of rotatable bonds is 7. The summed E-state index contributed by atoms with van der Waals surface area (Å²) in [6, 6.07) is 4.93. The van der Waals surface area contributed by atoms with E-state index < -0.39 is 47.9 Å². The molecule has 5 amide bonds. The van der Waals surface area contributed by atoms with E-state index in [9.17, 15) is 33.9 Å². The maximum atomic E-state index is 14.1. The molecule has 0 unspecified atom stereocenters. The molecule has 2 aromatic heterocycles. The van der Waals surface area contributed by atoms with Gasteiger partial charge in [-0.25, -0.2) is 9.78 Å². The van der Waals surface area contributed by atoms with Crippen molar-refractivity contribution < 1.29 is 38.4 Å². The molecule has 4 atom stereocenters. The lowest BCUT2D eigenvalue weighted by atomic mass is 10.1. The first kappa shape index (κ1) is 33.5. The lowest BCUT2D eigenvalue weighted by Crippen LogP contribution is -2.55. The summed E-state index contributed by atoms with van der Waals surface area (Å²) >= 11 is 1.51.